The van der Waals surface area contributed by atoms with Crippen LogP contribution in [0.3, 0.4) is 0 Å². The molecule has 6 nitrogen and oxygen atoms in total. The molecular formula is C11H21N5O. The zero-order valence-electron chi connectivity index (χ0n) is 10.8. The Balaban J connectivity index is 2.01. The Kier molecular flexibility index (Phi) is 4.06. The van der Waals surface area contributed by atoms with Crippen LogP contribution < -0.4 is 0 Å². The Bertz CT molecular complexity index is 353. The Morgan fingerprint density at radius 1 is 1.41 bits per heavy atom. The predicted molar refractivity (Wildman–Crippen MR) is 63.4 cm³/mol. The Labute approximate surface area is 102 Å². The van der Waals surface area contributed by atoms with Crippen LogP contribution in [-0.4, -0.2) is 50.4 Å². The van der Waals surface area contributed by atoms with Crippen molar-refractivity contribution < 1.29 is 4.74 Å². The van der Waals surface area contributed by atoms with E-state index >= 15 is 0 Å². The molecule has 1 saturated heterocycles. The maximum atomic E-state index is 5.62. The fourth-order valence-electron chi connectivity index (χ4n) is 2.10. The van der Waals surface area contributed by atoms with Gasteiger partial charge in [-0.2, -0.15) is 0 Å². The first-order chi connectivity index (χ1) is 8.20. The second kappa shape index (κ2) is 5.55. The van der Waals surface area contributed by atoms with Gasteiger partial charge in [0, 0.05) is 19.1 Å². The fraction of sp³-hybridized carbons (Fsp3) is 0.909. The molecule has 0 radical (unpaired) electrons. The third-order valence-corrected chi connectivity index (χ3v) is 3.12. The Hall–Kier alpha value is -1.01. The number of hydrogen-bond donors (Lipinski definition) is 0. The van der Waals surface area contributed by atoms with Gasteiger partial charge in [-0.15, -0.1) is 5.10 Å². The zero-order chi connectivity index (χ0) is 12.3. The van der Waals surface area contributed by atoms with Gasteiger partial charge in [-0.3, -0.25) is 4.90 Å². The summed E-state index contributed by atoms with van der Waals surface area (Å²) in [6.45, 7) is 9.84. The first kappa shape index (κ1) is 12.4. The molecule has 1 fully saturated rings. The lowest BCUT2D eigenvalue weighted by molar-refractivity contribution is -0.0539. The third kappa shape index (κ3) is 3.01. The summed E-state index contributed by atoms with van der Waals surface area (Å²) in [5.41, 5.74) is 0. The van der Waals surface area contributed by atoms with Crippen molar-refractivity contribution in [3.05, 3.63) is 5.82 Å². The van der Waals surface area contributed by atoms with Gasteiger partial charge in [-0.05, 0) is 30.7 Å². The SMILES string of the molecule is CCCn1nnnc1CN1C[C@@H](C)OC[C@H]1C. The second-order valence-electron chi connectivity index (χ2n) is 4.74. The molecule has 0 bridgehead atoms. The molecule has 0 aromatic carbocycles. The van der Waals surface area contributed by atoms with E-state index in [4.69, 9.17) is 4.74 Å². The molecule has 6 heteroatoms. The van der Waals surface area contributed by atoms with Gasteiger partial charge < -0.3 is 4.74 Å². The summed E-state index contributed by atoms with van der Waals surface area (Å²) in [6.07, 6.45) is 1.34. The quantitative estimate of drug-likeness (QED) is 0.774. The normalized spacial score (nSPS) is 26.3. The average Bonchev–Trinajstić information content (AvgIpc) is 2.72. The molecular weight excluding hydrogens is 218 g/mol. The lowest BCUT2D eigenvalue weighted by atomic mass is 10.2. The second-order valence-corrected chi connectivity index (χ2v) is 4.74. The highest BCUT2D eigenvalue weighted by atomic mass is 16.5. The van der Waals surface area contributed by atoms with Gasteiger partial charge in [0.05, 0.1) is 19.3 Å². The Morgan fingerprint density at radius 2 is 2.24 bits per heavy atom. The smallest absolute Gasteiger partial charge is 0.165 e. The van der Waals surface area contributed by atoms with Gasteiger partial charge >= 0.3 is 0 Å². The monoisotopic (exact) mass is 239 g/mol. The molecule has 1 aliphatic rings. The predicted octanol–water partition coefficient (Wildman–Crippen LogP) is 0.692. The molecule has 0 unspecified atom stereocenters. The summed E-state index contributed by atoms with van der Waals surface area (Å²) < 4.78 is 7.51. The molecule has 0 saturated carbocycles. The van der Waals surface area contributed by atoms with Crippen molar-refractivity contribution in [2.45, 2.75) is 52.4 Å². The summed E-state index contributed by atoms with van der Waals surface area (Å²) in [5, 5.41) is 11.9. The molecule has 0 amide bonds. The lowest BCUT2D eigenvalue weighted by Crippen LogP contribution is -2.47. The third-order valence-electron chi connectivity index (χ3n) is 3.12. The van der Waals surface area contributed by atoms with Crippen molar-refractivity contribution in [3.63, 3.8) is 0 Å². The van der Waals surface area contributed by atoms with E-state index in [9.17, 15) is 0 Å². The van der Waals surface area contributed by atoms with Crippen LogP contribution in [0.4, 0.5) is 0 Å². The summed E-state index contributed by atoms with van der Waals surface area (Å²) >= 11 is 0. The molecule has 17 heavy (non-hydrogen) atoms. The standard InChI is InChI=1S/C11H21N5O/c1-4-5-16-11(12-13-14-16)7-15-6-10(3)17-8-9(15)2/h9-10H,4-8H2,1-3H3/t9-,10-/m1/s1. The van der Waals surface area contributed by atoms with Crippen LogP contribution in [0.2, 0.25) is 0 Å². The number of aryl methyl sites for hydroxylation is 1. The minimum Gasteiger partial charge on any atom is -0.376 e. The van der Waals surface area contributed by atoms with E-state index in [1.807, 2.05) is 4.68 Å². The molecule has 2 atom stereocenters. The molecule has 0 aliphatic carbocycles. The molecule has 0 N–H and O–H groups in total. The van der Waals surface area contributed by atoms with Crippen molar-refractivity contribution in [1.29, 1.82) is 0 Å². The maximum Gasteiger partial charge on any atom is 0.165 e. The van der Waals surface area contributed by atoms with Crippen molar-refractivity contribution >= 4 is 0 Å². The van der Waals surface area contributed by atoms with Gasteiger partial charge in [0.25, 0.3) is 0 Å². The average molecular weight is 239 g/mol. The first-order valence-corrected chi connectivity index (χ1v) is 6.31. The maximum absolute atomic E-state index is 5.62. The van der Waals surface area contributed by atoms with E-state index in [0.717, 1.165) is 38.5 Å². The summed E-state index contributed by atoms with van der Waals surface area (Å²) in [4.78, 5) is 2.38. The number of hydrogen-bond acceptors (Lipinski definition) is 5. The van der Waals surface area contributed by atoms with Crippen LogP contribution in [0.25, 0.3) is 0 Å². The van der Waals surface area contributed by atoms with Gasteiger partial charge in [0.15, 0.2) is 5.82 Å². The van der Waals surface area contributed by atoms with Crippen LogP contribution in [-0.2, 0) is 17.8 Å². The van der Waals surface area contributed by atoms with Crippen LogP contribution in [0, 0.1) is 0 Å². The number of nitrogens with zero attached hydrogens (tertiary/aromatic N) is 5. The summed E-state index contributed by atoms with van der Waals surface area (Å²) in [7, 11) is 0. The summed E-state index contributed by atoms with van der Waals surface area (Å²) in [6, 6.07) is 0.429. The Morgan fingerprint density at radius 3 is 3.00 bits per heavy atom. The molecule has 1 aromatic heterocycles. The van der Waals surface area contributed by atoms with E-state index in [1.165, 1.54) is 0 Å². The number of tetrazole rings is 1. The number of aromatic nitrogens is 4. The highest BCUT2D eigenvalue weighted by Crippen LogP contribution is 2.13. The van der Waals surface area contributed by atoms with E-state index in [2.05, 4.69) is 41.2 Å². The molecule has 1 aliphatic heterocycles. The summed E-state index contributed by atoms with van der Waals surface area (Å²) in [5.74, 6) is 0.952. The highest BCUT2D eigenvalue weighted by Gasteiger charge is 2.24. The zero-order valence-corrected chi connectivity index (χ0v) is 10.8. The van der Waals surface area contributed by atoms with Crippen molar-refractivity contribution in [1.82, 2.24) is 25.1 Å². The minimum atomic E-state index is 0.293. The van der Waals surface area contributed by atoms with Gasteiger partial charge in [0.2, 0.25) is 0 Å². The van der Waals surface area contributed by atoms with E-state index in [0.29, 0.717) is 12.1 Å². The van der Waals surface area contributed by atoms with Crippen LogP contribution in [0.15, 0.2) is 0 Å². The van der Waals surface area contributed by atoms with Gasteiger partial charge in [-0.1, -0.05) is 6.92 Å². The molecule has 2 heterocycles. The molecule has 0 spiro atoms. The van der Waals surface area contributed by atoms with Crippen molar-refractivity contribution in [3.8, 4) is 0 Å². The van der Waals surface area contributed by atoms with Gasteiger partial charge in [0.1, 0.15) is 0 Å². The molecule has 2 rings (SSSR count). The van der Waals surface area contributed by atoms with Crippen molar-refractivity contribution in [2.75, 3.05) is 13.2 Å². The van der Waals surface area contributed by atoms with Gasteiger partial charge in [-0.25, -0.2) is 4.68 Å². The lowest BCUT2D eigenvalue weighted by Gasteiger charge is -2.36. The van der Waals surface area contributed by atoms with E-state index < -0.39 is 0 Å². The first-order valence-electron chi connectivity index (χ1n) is 6.31. The van der Waals surface area contributed by atoms with Crippen LogP contribution in [0.5, 0.6) is 0 Å². The highest BCUT2D eigenvalue weighted by molar-refractivity contribution is 4.85. The number of ether oxygens (including phenoxy) is 1. The molecule has 96 valence electrons. The topological polar surface area (TPSA) is 56.1 Å². The number of morpholine rings is 1. The molecule has 1 aromatic rings. The van der Waals surface area contributed by atoms with E-state index in [-0.39, 0.29) is 0 Å². The minimum absolute atomic E-state index is 0.293. The van der Waals surface area contributed by atoms with Crippen LogP contribution >= 0.6 is 0 Å². The fourth-order valence-corrected chi connectivity index (χ4v) is 2.10. The largest absolute Gasteiger partial charge is 0.376 e. The van der Waals surface area contributed by atoms with Crippen LogP contribution in [0.1, 0.15) is 33.0 Å². The van der Waals surface area contributed by atoms with Crippen molar-refractivity contribution in [2.24, 2.45) is 0 Å². The van der Waals surface area contributed by atoms with E-state index in [1.54, 1.807) is 0 Å². The number of rotatable bonds is 4.